The van der Waals surface area contributed by atoms with Crippen LogP contribution >= 0.6 is 0 Å². The molecule has 0 aliphatic rings. The molecule has 1 aromatic rings. The molecule has 1 N–H and O–H groups in total. The van der Waals surface area contributed by atoms with Gasteiger partial charge >= 0.3 is 0 Å². The van der Waals surface area contributed by atoms with Crippen LogP contribution in [0.3, 0.4) is 0 Å². The van der Waals surface area contributed by atoms with Crippen molar-refractivity contribution < 1.29 is 4.74 Å². The number of unbranched alkanes of at least 4 members (excludes halogenated alkanes) is 1. The van der Waals surface area contributed by atoms with Crippen LogP contribution in [-0.4, -0.2) is 19.7 Å². The molecule has 2 nitrogen and oxygen atoms in total. The van der Waals surface area contributed by atoms with Gasteiger partial charge in [0, 0.05) is 0 Å². The zero-order chi connectivity index (χ0) is 12.3. The number of para-hydroxylation sites is 1. The summed E-state index contributed by atoms with van der Waals surface area (Å²) in [5, 5.41) is 3.46. The van der Waals surface area contributed by atoms with E-state index in [-0.39, 0.29) is 0 Å². The van der Waals surface area contributed by atoms with Crippen LogP contribution in [0.15, 0.2) is 30.3 Å². The van der Waals surface area contributed by atoms with Crippen LogP contribution in [-0.2, 0) is 0 Å². The minimum Gasteiger partial charge on any atom is -0.494 e. The van der Waals surface area contributed by atoms with Crippen molar-refractivity contribution >= 4 is 0 Å². The Kier molecular flexibility index (Phi) is 7.48. The van der Waals surface area contributed by atoms with Crippen molar-refractivity contribution in [3.8, 4) is 5.75 Å². The first kappa shape index (κ1) is 14.0. The fourth-order valence-electron chi connectivity index (χ4n) is 1.57. The molecule has 0 spiro atoms. The Bertz CT molecular complexity index is 272. The van der Waals surface area contributed by atoms with E-state index in [1.54, 1.807) is 0 Å². The van der Waals surface area contributed by atoms with E-state index in [1.807, 2.05) is 30.3 Å². The van der Waals surface area contributed by atoms with E-state index in [0.717, 1.165) is 37.8 Å². The van der Waals surface area contributed by atoms with E-state index in [1.165, 1.54) is 12.8 Å². The number of benzene rings is 1. The van der Waals surface area contributed by atoms with Crippen molar-refractivity contribution in [3.05, 3.63) is 30.3 Å². The average molecular weight is 235 g/mol. The summed E-state index contributed by atoms with van der Waals surface area (Å²) in [5.74, 6) is 1.77. The largest absolute Gasteiger partial charge is 0.494 e. The minimum absolute atomic E-state index is 0.795. The Balaban J connectivity index is 1.88. The lowest BCUT2D eigenvalue weighted by molar-refractivity contribution is 0.305. The number of ether oxygens (including phenoxy) is 1. The van der Waals surface area contributed by atoms with Gasteiger partial charge in [0.1, 0.15) is 5.75 Å². The van der Waals surface area contributed by atoms with Crippen molar-refractivity contribution in [2.24, 2.45) is 5.92 Å². The highest BCUT2D eigenvalue weighted by molar-refractivity contribution is 5.20. The molecule has 0 heterocycles. The quantitative estimate of drug-likeness (QED) is 0.662. The van der Waals surface area contributed by atoms with Crippen molar-refractivity contribution in [1.82, 2.24) is 5.32 Å². The van der Waals surface area contributed by atoms with Crippen molar-refractivity contribution in [3.63, 3.8) is 0 Å². The molecule has 0 saturated heterocycles. The summed E-state index contributed by atoms with van der Waals surface area (Å²) in [6.07, 6.45) is 3.56. The smallest absolute Gasteiger partial charge is 0.119 e. The predicted octanol–water partition coefficient (Wildman–Crippen LogP) is 3.48. The van der Waals surface area contributed by atoms with E-state index >= 15 is 0 Å². The molecule has 0 aromatic heterocycles. The zero-order valence-electron chi connectivity index (χ0n) is 11.1. The molecule has 0 atom stereocenters. The minimum atomic E-state index is 0.795. The van der Waals surface area contributed by atoms with E-state index < -0.39 is 0 Å². The van der Waals surface area contributed by atoms with Crippen LogP contribution in [0.2, 0.25) is 0 Å². The summed E-state index contributed by atoms with van der Waals surface area (Å²) in [5.41, 5.74) is 0. The van der Waals surface area contributed by atoms with Gasteiger partial charge in [-0.05, 0) is 50.4 Å². The Morgan fingerprint density at radius 2 is 1.82 bits per heavy atom. The lowest BCUT2D eigenvalue weighted by Gasteiger charge is -2.08. The van der Waals surface area contributed by atoms with Crippen molar-refractivity contribution in [2.45, 2.75) is 33.1 Å². The fraction of sp³-hybridized carbons (Fsp3) is 0.600. The van der Waals surface area contributed by atoms with E-state index in [2.05, 4.69) is 19.2 Å². The lowest BCUT2D eigenvalue weighted by Crippen LogP contribution is -2.18. The second-order valence-electron chi connectivity index (χ2n) is 4.80. The summed E-state index contributed by atoms with van der Waals surface area (Å²) >= 11 is 0. The van der Waals surface area contributed by atoms with Gasteiger partial charge in [0.05, 0.1) is 6.61 Å². The summed E-state index contributed by atoms with van der Waals surface area (Å²) in [4.78, 5) is 0. The highest BCUT2D eigenvalue weighted by Crippen LogP contribution is 2.08. The highest BCUT2D eigenvalue weighted by Gasteiger charge is 1.94. The van der Waals surface area contributed by atoms with E-state index in [9.17, 15) is 0 Å². The zero-order valence-corrected chi connectivity index (χ0v) is 11.1. The van der Waals surface area contributed by atoms with Crippen LogP contribution < -0.4 is 10.1 Å². The molecule has 0 aliphatic carbocycles. The molecule has 0 saturated carbocycles. The number of nitrogens with one attached hydrogen (secondary N) is 1. The maximum atomic E-state index is 5.62. The topological polar surface area (TPSA) is 21.3 Å². The first-order valence-electron chi connectivity index (χ1n) is 6.67. The molecule has 2 heteroatoms. The molecule has 0 amide bonds. The molecular formula is C15H25NO. The van der Waals surface area contributed by atoms with Gasteiger partial charge in [-0.3, -0.25) is 0 Å². The van der Waals surface area contributed by atoms with Crippen molar-refractivity contribution in [2.75, 3.05) is 19.7 Å². The summed E-state index contributed by atoms with van der Waals surface area (Å²) in [7, 11) is 0. The van der Waals surface area contributed by atoms with Gasteiger partial charge in [-0.15, -0.1) is 0 Å². The molecule has 0 bridgehead atoms. The summed E-state index contributed by atoms with van der Waals surface area (Å²) in [6, 6.07) is 10.0. The first-order valence-corrected chi connectivity index (χ1v) is 6.67. The maximum Gasteiger partial charge on any atom is 0.119 e. The van der Waals surface area contributed by atoms with Crippen LogP contribution in [0, 0.1) is 5.92 Å². The third kappa shape index (κ3) is 7.81. The molecule has 0 unspecified atom stereocenters. The second-order valence-corrected chi connectivity index (χ2v) is 4.80. The molecule has 1 rings (SSSR count). The van der Waals surface area contributed by atoms with Crippen LogP contribution in [0.25, 0.3) is 0 Å². The number of rotatable bonds is 9. The monoisotopic (exact) mass is 235 g/mol. The standard InChI is InChI=1S/C15H25NO/c1-14(2)10-12-16-11-6-7-13-17-15-8-4-3-5-9-15/h3-5,8-9,14,16H,6-7,10-13H2,1-2H3. The van der Waals surface area contributed by atoms with Gasteiger partial charge in [0.15, 0.2) is 0 Å². The summed E-state index contributed by atoms with van der Waals surface area (Å²) < 4.78 is 5.62. The van der Waals surface area contributed by atoms with Gasteiger partial charge in [-0.2, -0.15) is 0 Å². The first-order chi connectivity index (χ1) is 8.29. The molecule has 0 radical (unpaired) electrons. The van der Waals surface area contributed by atoms with E-state index in [0.29, 0.717) is 0 Å². The summed E-state index contributed by atoms with van der Waals surface area (Å²) in [6.45, 7) is 7.57. The Hall–Kier alpha value is -1.02. The van der Waals surface area contributed by atoms with Crippen molar-refractivity contribution in [1.29, 1.82) is 0 Å². The second kappa shape index (κ2) is 9.06. The van der Waals surface area contributed by atoms with Gasteiger partial charge in [-0.25, -0.2) is 0 Å². The molecule has 0 fully saturated rings. The fourth-order valence-corrected chi connectivity index (χ4v) is 1.57. The highest BCUT2D eigenvalue weighted by atomic mass is 16.5. The predicted molar refractivity (Wildman–Crippen MR) is 73.5 cm³/mol. The van der Waals surface area contributed by atoms with E-state index in [4.69, 9.17) is 4.74 Å². The van der Waals surface area contributed by atoms with Gasteiger partial charge in [-0.1, -0.05) is 32.0 Å². The maximum absolute atomic E-state index is 5.62. The average Bonchev–Trinajstić information content (AvgIpc) is 2.33. The molecule has 1 aromatic carbocycles. The Morgan fingerprint density at radius 3 is 2.53 bits per heavy atom. The Labute approximate surface area is 105 Å². The van der Waals surface area contributed by atoms with Gasteiger partial charge in [0.2, 0.25) is 0 Å². The third-order valence-corrected chi connectivity index (χ3v) is 2.66. The molecular weight excluding hydrogens is 210 g/mol. The van der Waals surface area contributed by atoms with Crippen LogP contribution in [0.4, 0.5) is 0 Å². The lowest BCUT2D eigenvalue weighted by atomic mass is 10.1. The number of hydrogen-bond donors (Lipinski definition) is 1. The normalized spacial score (nSPS) is 10.8. The Morgan fingerprint density at radius 1 is 1.06 bits per heavy atom. The van der Waals surface area contributed by atoms with Crippen LogP contribution in [0.1, 0.15) is 33.1 Å². The molecule has 96 valence electrons. The van der Waals surface area contributed by atoms with Gasteiger partial charge < -0.3 is 10.1 Å². The SMILES string of the molecule is CC(C)CCNCCCCOc1ccccc1. The van der Waals surface area contributed by atoms with Gasteiger partial charge in [0.25, 0.3) is 0 Å². The van der Waals surface area contributed by atoms with Crippen LogP contribution in [0.5, 0.6) is 5.75 Å². The third-order valence-electron chi connectivity index (χ3n) is 2.66. The number of hydrogen-bond acceptors (Lipinski definition) is 2. The molecule has 0 aliphatic heterocycles. The molecule has 17 heavy (non-hydrogen) atoms.